The molecule has 0 saturated carbocycles. The number of hydrogen-bond acceptors (Lipinski definition) is 2. The lowest BCUT2D eigenvalue weighted by molar-refractivity contribution is 0.0706. The molecular weight excluding hydrogens is 332 g/mol. The summed E-state index contributed by atoms with van der Waals surface area (Å²) in [4.78, 5) is 15.4. The van der Waals surface area contributed by atoms with E-state index in [0.717, 1.165) is 36.2 Å². The molecule has 1 saturated heterocycles. The van der Waals surface area contributed by atoms with Crippen molar-refractivity contribution in [3.05, 3.63) is 90.0 Å². The zero-order chi connectivity index (χ0) is 18.2. The number of nitrogens with zero attached hydrogens (tertiary/aromatic N) is 1. The first-order valence-electron chi connectivity index (χ1n) is 9.60. The molecule has 1 amide bonds. The van der Waals surface area contributed by atoms with Gasteiger partial charge in [-0.15, -0.1) is 0 Å². The Bertz CT molecular complexity index is 982. The van der Waals surface area contributed by atoms with Gasteiger partial charge >= 0.3 is 0 Å². The summed E-state index contributed by atoms with van der Waals surface area (Å²) in [6, 6.07) is 27.0. The van der Waals surface area contributed by atoms with Gasteiger partial charge in [-0.25, -0.2) is 0 Å². The third kappa shape index (κ3) is 2.80. The van der Waals surface area contributed by atoms with Gasteiger partial charge < -0.3 is 10.2 Å². The topological polar surface area (TPSA) is 32.3 Å². The first-order chi connectivity index (χ1) is 13.3. The van der Waals surface area contributed by atoms with Gasteiger partial charge in [-0.05, 0) is 35.2 Å². The standard InChI is InChI=1S/C24H22N2O/c27-24(21-12-5-4-10-18(21)17-8-2-1-3-9-17)26-15-14-20-19-11-6-7-13-22(19)25-23(20)16-26/h1-13,20,23,25H,14-16H2. The number of fused-ring (bicyclic) bond motifs is 3. The monoisotopic (exact) mass is 354 g/mol. The number of piperidine rings is 1. The molecule has 3 heteroatoms. The fourth-order valence-corrected chi connectivity index (χ4v) is 4.52. The minimum atomic E-state index is 0.130. The van der Waals surface area contributed by atoms with Crippen molar-refractivity contribution in [1.29, 1.82) is 0 Å². The van der Waals surface area contributed by atoms with Gasteiger partial charge in [0.05, 0.1) is 6.04 Å². The van der Waals surface area contributed by atoms with Crippen LogP contribution in [0.3, 0.4) is 0 Å². The second-order valence-corrected chi connectivity index (χ2v) is 7.40. The van der Waals surface area contributed by atoms with Crippen LogP contribution in [0.25, 0.3) is 11.1 Å². The van der Waals surface area contributed by atoms with Gasteiger partial charge in [0, 0.05) is 30.3 Å². The number of rotatable bonds is 2. The number of anilines is 1. The highest BCUT2D eigenvalue weighted by atomic mass is 16.2. The smallest absolute Gasteiger partial charge is 0.254 e. The van der Waals surface area contributed by atoms with Crippen molar-refractivity contribution in [1.82, 2.24) is 4.90 Å². The lowest BCUT2D eigenvalue weighted by Gasteiger charge is -2.35. The summed E-state index contributed by atoms with van der Waals surface area (Å²) in [5.74, 6) is 0.639. The average molecular weight is 354 g/mol. The van der Waals surface area contributed by atoms with Gasteiger partial charge in [-0.1, -0.05) is 66.7 Å². The van der Waals surface area contributed by atoms with Crippen LogP contribution in [0.4, 0.5) is 5.69 Å². The normalized spacial score (nSPS) is 20.5. The van der Waals surface area contributed by atoms with E-state index in [-0.39, 0.29) is 5.91 Å². The Morgan fingerprint density at radius 3 is 2.52 bits per heavy atom. The summed E-state index contributed by atoms with van der Waals surface area (Å²) in [6.45, 7) is 1.56. The summed E-state index contributed by atoms with van der Waals surface area (Å²) in [5, 5.41) is 3.63. The number of likely N-dealkylation sites (tertiary alicyclic amines) is 1. The van der Waals surface area contributed by atoms with Crippen molar-refractivity contribution in [3.8, 4) is 11.1 Å². The highest BCUT2D eigenvalue weighted by Crippen LogP contribution is 2.40. The van der Waals surface area contributed by atoms with Gasteiger partial charge in [0.1, 0.15) is 0 Å². The van der Waals surface area contributed by atoms with E-state index in [9.17, 15) is 4.79 Å². The second-order valence-electron chi connectivity index (χ2n) is 7.40. The van der Waals surface area contributed by atoms with E-state index in [1.807, 2.05) is 47.4 Å². The van der Waals surface area contributed by atoms with E-state index < -0.39 is 0 Å². The van der Waals surface area contributed by atoms with Crippen LogP contribution in [0, 0.1) is 0 Å². The van der Waals surface area contributed by atoms with Gasteiger partial charge in [0.15, 0.2) is 0 Å². The van der Waals surface area contributed by atoms with E-state index in [1.165, 1.54) is 11.3 Å². The number of para-hydroxylation sites is 1. The first-order valence-corrected chi connectivity index (χ1v) is 9.60. The van der Waals surface area contributed by atoms with Crippen LogP contribution in [0.15, 0.2) is 78.9 Å². The van der Waals surface area contributed by atoms with E-state index in [2.05, 4.69) is 41.7 Å². The Morgan fingerprint density at radius 2 is 1.63 bits per heavy atom. The Labute approximate surface area is 159 Å². The highest BCUT2D eigenvalue weighted by Gasteiger charge is 2.38. The Hall–Kier alpha value is -3.07. The maximum atomic E-state index is 13.4. The Kier molecular flexibility index (Phi) is 3.93. The second kappa shape index (κ2) is 6.58. The molecule has 0 radical (unpaired) electrons. The zero-order valence-corrected chi connectivity index (χ0v) is 15.1. The third-order valence-corrected chi connectivity index (χ3v) is 5.84. The quantitative estimate of drug-likeness (QED) is 0.718. The van der Waals surface area contributed by atoms with Crippen molar-refractivity contribution < 1.29 is 4.79 Å². The van der Waals surface area contributed by atoms with Crippen molar-refractivity contribution in [2.24, 2.45) is 0 Å². The number of nitrogens with one attached hydrogen (secondary N) is 1. The molecule has 0 aromatic heterocycles. The van der Waals surface area contributed by atoms with Crippen LogP contribution in [-0.4, -0.2) is 29.9 Å². The van der Waals surface area contributed by atoms with Gasteiger partial charge in [0.2, 0.25) is 0 Å². The number of hydrogen-bond donors (Lipinski definition) is 1. The molecule has 2 aliphatic heterocycles. The molecule has 3 nitrogen and oxygen atoms in total. The summed E-state index contributed by atoms with van der Waals surface area (Å²) < 4.78 is 0. The molecule has 1 N–H and O–H groups in total. The van der Waals surface area contributed by atoms with Crippen molar-refractivity contribution in [2.75, 3.05) is 18.4 Å². The maximum absolute atomic E-state index is 13.4. The van der Waals surface area contributed by atoms with Crippen LogP contribution >= 0.6 is 0 Å². The van der Waals surface area contributed by atoms with E-state index in [4.69, 9.17) is 0 Å². The van der Waals surface area contributed by atoms with Crippen LogP contribution < -0.4 is 5.32 Å². The predicted molar refractivity (Wildman–Crippen MR) is 109 cm³/mol. The lowest BCUT2D eigenvalue weighted by Crippen LogP contribution is -2.46. The molecule has 5 rings (SSSR count). The molecule has 3 aromatic rings. The summed E-state index contributed by atoms with van der Waals surface area (Å²) in [5.41, 5.74) is 5.51. The van der Waals surface area contributed by atoms with Crippen LogP contribution in [0.5, 0.6) is 0 Å². The molecule has 2 heterocycles. The number of carbonyl (C=O) groups excluding carboxylic acids is 1. The fraction of sp³-hybridized carbons (Fsp3) is 0.208. The molecule has 134 valence electrons. The van der Waals surface area contributed by atoms with E-state index in [1.54, 1.807) is 0 Å². The summed E-state index contributed by atoms with van der Waals surface area (Å²) in [7, 11) is 0. The van der Waals surface area contributed by atoms with Crippen LogP contribution in [-0.2, 0) is 0 Å². The largest absolute Gasteiger partial charge is 0.380 e. The molecule has 3 aromatic carbocycles. The van der Waals surface area contributed by atoms with Gasteiger partial charge in [0.25, 0.3) is 5.91 Å². The Balaban J connectivity index is 1.41. The molecule has 27 heavy (non-hydrogen) atoms. The fourth-order valence-electron chi connectivity index (χ4n) is 4.52. The van der Waals surface area contributed by atoms with Gasteiger partial charge in [-0.2, -0.15) is 0 Å². The Morgan fingerprint density at radius 1 is 0.889 bits per heavy atom. The molecule has 2 atom stereocenters. The maximum Gasteiger partial charge on any atom is 0.254 e. The molecule has 2 aliphatic rings. The number of carbonyl (C=O) groups is 1. The summed E-state index contributed by atoms with van der Waals surface area (Å²) in [6.07, 6.45) is 1.01. The highest BCUT2D eigenvalue weighted by molar-refractivity contribution is 6.01. The molecule has 0 spiro atoms. The van der Waals surface area contributed by atoms with Crippen LogP contribution in [0.1, 0.15) is 28.3 Å². The predicted octanol–water partition coefficient (Wildman–Crippen LogP) is 4.78. The lowest BCUT2D eigenvalue weighted by atomic mass is 9.88. The van der Waals surface area contributed by atoms with Crippen LogP contribution in [0.2, 0.25) is 0 Å². The molecule has 2 unspecified atom stereocenters. The van der Waals surface area contributed by atoms with Crippen molar-refractivity contribution >= 4 is 11.6 Å². The average Bonchev–Trinajstić information content (AvgIpc) is 3.11. The van der Waals surface area contributed by atoms with Gasteiger partial charge in [-0.3, -0.25) is 4.79 Å². The summed E-state index contributed by atoms with van der Waals surface area (Å²) >= 11 is 0. The molecule has 0 aliphatic carbocycles. The molecule has 0 bridgehead atoms. The van der Waals surface area contributed by atoms with E-state index in [0.29, 0.717) is 12.0 Å². The third-order valence-electron chi connectivity index (χ3n) is 5.84. The minimum Gasteiger partial charge on any atom is -0.380 e. The molecule has 1 fully saturated rings. The first kappa shape index (κ1) is 16.1. The molecular formula is C24H22N2O. The van der Waals surface area contributed by atoms with Crippen molar-refractivity contribution in [3.63, 3.8) is 0 Å². The van der Waals surface area contributed by atoms with E-state index >= 15 is 0 Å². The zero-order valence-electron chi connectivity index (χ0n) is 15.1. The van der Waals surface area contributed by atoms with Crippen molar-refractivity contribution in [2.45, 2.75) is 18.4 Å². The minimum absolute atomic E-state index is 0.130. The number of benzene rings is 3. The number of amides is 1. The SMILES string of the molecule is O=C(c1ccccc1-c1ccccc1)N1CCC2c3ccccc3NC2C1.